The number of hydrogen-bond donors (Lipinski definition) is 2. The maximum absolute atomic E-state index is 14.0. The van der Waals surface area contributed by atoms with E-state index in [-0.39, 0.29) is 11.9 Å². The van der Waals surface area contributed by atoms with Crippen molar-refractivity contribution in [1.82, 2.24) is 5.43 Å². The summed E-state index contributed by atoms with van der Waals surface area (Å²) < 4.78 is 15.4. The zero-order chi connectivity index (χ0) is 12.4. The monoisotopic (exact) mass is 378 g/mol. The third-order valence-corrected chi connectivity index (χ3v) is 4.91. The van der Waals surface area contributed by atoms with Crippen LogP contribution in [0.3, 0.4) is 0 Å². The standard InChI is InChI=1S/C11H9Br2FN2S/c12-7-3-1-2-6(9(7)14)10(16-15)11-8(13)4-5-17-11/h1-5,10,16H,15H2. The Morgan fingerprint density at radius 1 is 1.24 bits per heavy atom. The van der Waals surface area contributed by atoms with Crippen molar-refractivity contribution in [1.29, 1.82) is 0 Å². The summed E-state index contributed by atoms with van der Waals surface area (Å²) in [5.74, 6) is 5.24. The molecule has 2 aromatic rings. The lowest BCUT2D eigenvalue weighted by atomic mass is 10.1. The number of benzene rings is 1. The second-order valence-electron chi connectivity index (χ2n) is 3.38. The molecule has 0 aliphatic carbocycles. The third kappa shape index (κ3) is 2.61. The van der Waals surface area contributed by atoms with Crippen LogP contribution in [0, 0.1) is 5.82 Å². The molecule has 0 fully saturated rings. The van der Waals surface area contributed by atoms with E-state index in [4.69, 9.17) is 5.84 Å². The number of hydrazine groups is 1. The fourth-order valence-electron chi connectivity index (χ4n) is 1.56. The van der Waals surface area contributed by atoms with Crippen molar-refractivity contribution in [3.63, 3.8) is 0 Å². The van der Waals surface area contributed by atoms with Gasteiger partial charge in [-0.05, 0) is 49.4 Å². The Balaban J connectivity index is 2.50. The minimum atomic E-state index is -0.359. The van der Waals surface area contributed by atoms with Crippen molar-refractivity contribution >= 4 is 43.2 Å². The minimum Gasteiger partial charge on any atom is -0.271 e. The van der Waals surface area contributed by atoms with Crippen LogP contribution in [0.25, 0.3) is 0 Å². The molecule has 1 unspecified atom stereocenters. The summed E-state index contributed by atoms with van der Waals surface area (Å²) in [6.45, 7) is 0. The van der Waals surface area contributed by atoms with E-state index in [2.05, 4.69) is 37.3 Å². The van der Waals surface area contributed by atoms with Crippen molar-refractivity contribution in [2.24, 2.45) is 5.84 Å². The lowest BCUT2D eigenvalue weighted by molar-refractivity contribution is 0.559. The van der Waals surface area contributed by atoms with E-state index in [1.54, 1.807) is 18.2 Å². The fourth-order valence-corrected chi connectivity index (χ4v) is 3.62. The van der Waals surface area contributed by atoms with Crippen LogP contribution < -0.4 is 11.3 Å². The van der Waals surface area contributed by atoms with E-state index in [0.717, 1.165) is 9.35 Å². The van der Waals surface area contributed by atoms with E-state index < -0.39 is 0 Å². The molecule has 6 heteroatoms. The number of rotatable bonds is 3. The highest BCUT2D eigenvalue weighted by Crippen LogP contribution is 2.35. The van der Waals surface area contributed by atoms with Gasteiger partial charge < -0.3 is 0 Å². The van der Waals surface area contributed by atoms with Gasteiger partial charge >= 0.3 is 0 Å². The first-order valence-corrected chi connectivity index (χ1v) is 7.24. The molecule has 0 bridgehead atoms. The molecule has 1 aromatic heterocycles. The first-order valence-electron chi connectivity index (χ1n) is 4.78. The van der Waals surface area contributed by atoms with Gasteiger partial charge in [0, 0.05) is 14.9 Å². The second-order valence-corrected chi connectivity index (χ2v) is 6.03. The highest BCUT2D eigenvalue weighted by atomic mass is 79.9. The summed E-state index contributed by atoms with van der Waals surface area (Å²) in [5.41, 5.74) is 3.17. The molecular formula is C11H9Br2FN2S. The number of nitrogens with one attached hydrogen (secondary N) is 1. The molecule has 0 saturated carbocycles. The topological polar surface area (TPSA) is 38.0 Å². The van der Waals surface area contributed by atoms with Gasteiger partial charge in [-0.25, -0.2) is 9.82 Å². The van der Waals surface area contributed by atoms with E-state index in [0.29, 0.717) is 10.0 Å². The Bertz CT molecular complexity index is 530. The second kappa shape index (κ2) is 5.58. The van der Waals surface area contributed by atoms with Crippen molar-refractivity contribution in [3.8, 4) is 0 Å². The molecule has 3 N–H and O–H groups in total. The van der Waals surface area contributed by atoms with Crippen LogP contribution in [0.5, 0.6) is 0 Å². The van der Waals surface area contributed by atoms with E-state index in [1.807, 2.05) is 11.4 Å². The molecule has 0 saturated heterocycles. The molecule has 1 aromatic carbocycles. The first kappa shape index (κ1) is 13.2. The Morgan fingerprint density at radius 3 is 2.59 bits per heavy atom. The molecule has 0 spiro atoms. The quantitative estimate of drug-likeness (QED) is 0.625. The van der Waals surface area contributed by atoms with Gasteiger partial charge in [0.2, 0.25) is 0 Å². The molecule has 0 aliphatic rings. The van der Waals surface area contributed by atoms with Crippen LogP contribution in [-0.4, -0.2) is 0 Å². The summed E-state index contributed by atoms with van der Waals surface area (Å²) in [4.78, 5) is 0.949. The van der Waals surface area contributed by atoms with E-state index in [1.165, 1.54) is 11.3 Å². The fraction of sp³-hybridized carbons (Fsp3) is 0.0909. The van der Waals surface area contributed by atoms with Crippen molar-refractivity contribution in [2.75, 3.05) is 0 Å². The van der Waals surface area contributed by atoms with E-state index >= 15 is 0 Å². The van der Waals surface area contributed by atoms with Crippen LogP contribution in [0.4, 0.5) is 4.39 Å². The SMILES string of the molecule is NNC(c1cccc(Br)c1F)c1sccc1Br. The van der Waals surface area contributed by atoms with Gasteiger partial charge in [0.1, 0.15) is 5.82 Å². The van der Waals surface area contributed by atoms with Crippen molar-refractivity contribution in [2.45, 2.75) is 6.04 Å². The van der Waals surface area contributed by atoms with Gasteiger partial charge in [-0.3, -0.25) is 5.84 Å². The Morgan fingerprint density at radius 2 is 2.00 bits per heavy atom. The molecule has 2 rings (SSSR count). The predicted octanol–water partition coefficient (Wildman–Crippen LogP) is 3.96. The number of nitrogens with two attached hydrogens (primary N) is 1. The van der Waals surface area contributed by atoms with Gasteiger partial charge in [-0.2, -0.15) is 0 Å². The third-order valence-electron chi connectivity index (χ3n) is 2.37. The van der Waals surface area contributed by atoms with Gasteiger partial charge in [0.15, 0.2) is 0 Å². The van der Waals surface area contributed by atoms with Crippen molar-refractivity contribution < 1.29 is 4.39 Å². The van der Waals surface area contributed by atoms with Crippen LogP contribution in [-0.2, 0) is 0 Å². The minimum absolute atomic E-state index is 0.296. The maximum Gasteiger partial charge on any atom is 0.142 e. The zero-order valence-electron chi connectivity index (χ0n) is 8.58. The summed E-state index contributed by atoms with van der Waals surface area (Å²) in [6.07, 6.45) is 0. The Labute approximate surface area is 119 Å². The summed E-state index contributed by atoms with van der Waals surface area (Å²) in [7, 11) is 0. The maximum atomic E-state index is 14.0. The highest BCUT2D eigenvalue weighted by Gasteiger charge is 2.21. The molecular weight excluding hydrogens is 371 g/mol. The molecule has 1 heterocycles. The molecule has 0 aliphatic heterocycles. The van der Waals surface area contributed by atoms with Crippen LogP contribution in [0.2, 0.25) is 0 Å². The van der Waals surface area contributed by atoms with Gasteiger partial charge in [0.05, 0.1) is 10.5 Å². The first-order chi connectivity index (χ1) is 8.15. The molecule has 17 heavy (non-hydrogen) atoms. The summed E-state index contributed by atoms with van der Waals surface area (Å²) in [5, 5.41) is 1.93. The normalized spacial score (nSPS) is 12.7. The van der Waals surface area contributed by atoms with Gasteiger partial charge in [0.25, 0.3) is 0 Å². The lowest BCUT2D eigenvalue weighted by Gasteiger charge is -2.16. The van der Waals surface area contributed by atoms with Crippen LogP contribution in [0.15, 0.2) is 38.6 Å². The summed E-state index contributed by atoms with van der Waals surface area (Å²) in [6, 6.07) is 6.73. The number of thiophene rings is 1. The van der Waals surface area contributed by atoms with Crippen LogP contribution in [0.1, 0.15) is 16.5 Å². The molecule has 90 valence electrons. The molecule has 0 amide bonds. The molecule has 1 atom stereocenters. The van der Waals surface area contributed by atoms with Gasteiger partial charge in [-0.15, -0.1) is 11.3 Å². The average Bonchev–Trinajstić information content (AvgIpc) is 2.72. The van der Waals surface area contributed by atoms with E-state index in [9.17, 15) is 4.39 Å². The Kier molecular flexibility index (Phi) is 4.32. The molecule has 0 radical (unpaired) electrons. The average molecular weight is 380 g/mol. The van der Waals surface area contributed by atoms with Gasteiger partial charge in [-0.1, -0.05) is 12.1 Å². The number of halogens is 3. The molecule has 2 nitrogen and oxygen atoms in total. The smallest absolute Gasteiger partial charge is 0.142 e. The highest BCUT2D eigenvalue weighted by molar-refractivity contribution is 9.10. The van der Waals surface area contributed by atoms with Crippen LogP contribution >= 0.6 is 43.2 Å². The predicted molar refractivity (Wildman–Crippen MR) is 75.3 cm³/mol. The number of hydrogen-bond acceptors (Lipinski definition) is 3. The summed E-state index contributed by atoms with van der Waals surface area (Å²) >= 11 is 8.12. The Hall–Kier alpha value is -0.270. The zero-order valence-corrected chi connectivity index (χ0v) is 12.6. The largest absolute Gasteiger partial charge is 0.271 e. The van der Waals surface area contributed by atoms with Crippen molar-refractivity contribution in [3.05, 3.63) is 54.8 Å². The lowest BCUT2D eigenvalue weighted by Crippen LogP contribution is -2.29.